The first-order valence-corrected chi connectivity index (χ1v) is 6.54. The highest BCUT2D eigenvalue weighted by Gasteiger charge is 2.11. The Morgan fingerprint density at radius 3 is 2.83 bits per heavy atom. The zero-order valence-electron chi connectivity index (χ0n) is 10.5. The largest absolute Gasteiger partial charge is 0.496 e. The van der Waals surface area contributed by atoms with Crippen LogP contribution < -0.4 is 10.5 Å². The van der Waals surface area contributed by atoms with Gasteiger partial charge in [0.25, 0.3) is 0 Å². The number of hydrogen-bond donors (Lipinski definition) is 2. The van der Waals surface area contributed by atoms with Crippen molar-refractivity contribution in [2.75, 3.05) is 13.7 Å². The zero-order valence-corrected chi connectivity index (χ0v) is 12.0. The normalized spacial score (nSPS) is 10.7. The number of nitrogens with zero attached hydrogens (tertiary/aromatic N) is 1. The molecule has 2 rings (SSSR count). The fourth-order valence-corrected chi connectivity index (χ4v) is 2.46. The van der Waals surface area contributed by atoms with E-state index in [1.807, 2.05) is 18.2 Å². The van der Waals surface area contributed by atoms with Crippen molar-refractivity contribution in [1.29, 1.82) is 0 Å². The molecule has 4 nitrogen and oxygen atoms in total. The Bertz CT molecular complexity index is 551. The quantitative estimate of drug-likeness (QED) is 0.912. The van der Waals surface area contributed by atoms with Gasteiger partial charge in [0, 0.05) is 17.7 Å². The molecule has 0 atom stereocenters. The molecule has 0 saturated carbocycles. The van der Waals surface area contributed by atoms with E-state index < -0.39 is 0 Å². The van der Waals surface area contributed by atoms with Crippen molar-refractivity contribution in [3.63, 3.8) is 0 Å². The molecule has 1 aromatic heterocycles. The number of halogens is 1. The molecule has 0 aliphatic heterocycles. The van der Waals surface area contributed by atoms with Gasteiger partial charge in [-0.15, -0.1) is 0 Å². The molecule has 5 heteroatoms. The third kappa shape index (κ3) is 2.42. The van der Waals surface area contributed by atoms with Gasteiger partial charge in [-0.1, -0.05) is 0 Å². The van der Waals surface area contributed by atoms with Gasteiger partial charge in [-0.25, -0.2) is 0 Å². The maximum absolute atomic E-state index is 5.57. The standard InChI is InChI=1S/C13H16BrN3O/c1-8-11(5-6-15)16-17-13(8)9-3-4-12(18-2)10(14)7-9/h3-4,7H,5-6,15H2,1-2H3,(H,16,17). The fraction of sp³-hybridized carbons (Fsp3) is 0.308. The fourth-order valence-electron chi connectivity index (χ4n) is 1.92. The van der Waals surface area contributed by atoms with E-state index in [1.54, 1.807) is 7.11 Å². The topological polar surface area (TPSA) is 63.9 Å². The van der Waals surface area contributed by atoms with Crippen molar-refractivity contribution in [1.82, 2.24) is 10.2 Å². The van der Waals surface area contributed by atoms with E-state index in [1.165, 1.54) is 0 Å². The summed E-state index contributed by atoms with van der Waals surface area (Å²) >= 11 is 3.48. The molecule has 18 heavy (non-hydrogen) atoms. The molecule has 0 fully saturated rings. The Morgan fingerprint density at radius 1 is 1.44 bits per heavy atom. The summed E-state index contributed by atoms with van der Waals surface area (Å²) in [6.07, 6.45) is 0.816. The molecule has 0 aliphatic rings. The van der Waals surface area contributed by atoms with Crippen LogP contribution in [0.1, 0.15) is 11.3 Å². The monoisotopic (exact) mass is 309 g/mol. The molecule has 1 heterocycles. The van der Waals surface area contributed by atoms with Crippen molar-refractivity contribution in [3.05, 3.63) is 33.9 Å². The molecule has 0 radical (unpaired) electrons. The molecular formula is C13H16BrN3O. The Labute approximate surface area is 115 Å². The van der Waals surface area contributed by atoms with Crippen molar-refractivity contribution < 1.29 is 4.74 Å². The first kappa shape index (κ1) is 13.1. The van der Waals surface area contributed by atoms with Crippen molar-refractivity contribution in [2.45, 2.75) is 13.3 Å². The SMILES string of the molecule is COc1ccc(-c2n[nH]c(CCN)c2C)cc1Br. The maximum Gasteiger partial charge on any atom is 0.133 e. The predicted molar refractivity (Wildman–Crippen MR) is 75.8 cm³/mol. The third-order valence-electron chi connectivity index (χ3n) is 2.93. The lowest BCUT2D eigenvalue weighted by molar-refractivity contribution is 0.412. The van der Waals surface area contributed by atoms with Gasteiger partial charge in [-0.05, 0) is 53.2 Å². The van der Waals surface area contributed by atoms with Gasteiger partial charge in [0.15, 0.2) is 0 Å². The van der Waals surface area contributed by atoms with Gasteiger partial charge in [0.2, 0.25) is 0 Å². The smallest absolute Gasteiger partial charge is 0.133 e. The first-order valence-electron chi connectivity index (χ1n) is 5.75. The van der Waals surface area contributed by atoms with Crippen molar-refractivity contribution in [2.24, 2.45) is 5.73 Å². The molecule has 0 saturated heterocycles. The summed E-state index contributed by atoms with van der Waals surface area (Å²) in [5.74, 6) is 0.814. The lowest BCUT2D eigenvalue weighted by Gasteiger charge is -2.05. The number of methoxy groups -OCH3 is 1. The first-order chi connectivity index (χ1) is 8.67. The van der Waals surface area contributed by atoms with E-state index in [0.717, 1.165) is 39.2 Å². The number of rotatable bonds is 4. The molecule has 1 aromatic carbocycles. The van der Waals surface area contributed by atoms with E-state index in [-0.39, 0.29) is 0 Å². The Kier molecular flexibility index (Phi) is 4.04. The summed E-state index contributed by atoms with van der Waals surface area (Å²) in [7, 11) is 1.65. The van der Waals surface area contributed by atoms with Crippen LogP contribution in [-0.2, 0) is 6.42 Å². The van der Waals surface area contributed by atoms with Crippen LogP contribution in [0.3, 0.4) is 0 Å². The summed E-state index contributed by atoms with van der Waals surface area (Å²) in [5.41, 5.74) is 9.83. The second-order valence-corrected chi connectivity index (χ2v) is 4.92. The molecule has 96 valence electrons. The third-order valence-corrected chi connectivity index (χ3v) is 3.55. The van der Waals surface area contributed by atoms with Crippen LogP contribution in [0.4, 0.5) is 0 Å². The van der Waals surface area contributed by atoms with Crippen molar-refractivity contribution >= 4 is 15.9 Å². The van der Waals surface area contributed by atoms with Gasteiger partial charge in [0.05, 0.1) is 17.3 Å². The second kappa shape index (κ2) is 5.54. The van der Waals surface area contributed by atoms with E-state index in [2.05, 4.69) is 33.1 Å². The lowest BCUT2D eigenvalue weighted by atomic mass is 10.1. The van der Waals surface area contributed by atoms with E-state index in [4.69, 9.17) is 10.5 Å². The van der Waals surface area contributed by atoms with Crippen molar-refractivity contribution in [3.8, 4) is 17.0 Å². The van der Waals surface area contributed by atoms with Crippen LogP contribution >= 0.6 is 15.9 Å². The summed E-state index contributed by atoms with van der Waals surface area (Å²) in [4.78, 5) is 0. The molecule has 0 bridgehead atoms. The number of hydrogen-bond acceptors (Lipinski definition) is 3. The maximum atomic E-state index is 5.57. The predicted octanol–water partition coefficient (Wildman–Crippen LogP) is 2.66. The Morgan fingerprint density at radius 2 is 2.22 bits per heavy atom. The molecule has 2 aromatic rings. The lowest BCUT2D eigenvalue weighted by Crippen LogP contribution is -2.03. The second-order valence-electron chi connectivity index (χ2n) is 4.06. The highest BCUT2D eigenvalue weighted by molar-refractivity contribution is 9.10. The number of nitrogens with two attached hydrogens (primary N) is 1. The number of aromatic nitrogens is 2. The van der Waals surface area contributed by atoms with Crippen LogP contribution in [0.15, 0.2) is 22.7 Å². The molecule has 0 aliphatic carbocycles. The summed E-state index contributed by atoms with van der Waals surface area (Å²) in [5, 5.41) is 7.40. The highest BCUT2D eigenvalue weighted by Crippen LogP contribution is 2.31. The number of nitrogens with one attached hydrogen (secondary N) is 1. The van der Waals surface area contributed by atoms with E-state index >= 15 is 0 Å². The summed E-state index contributed by atoms with van der Waals surface area (Å²) < 4.78 is 6.14. The van der Waals surface area contributed by atoms with Crippen LogP contribution in [0.5, 0.6) is 5.75 Å². The Hall–Kier alpha value is -1.33. The molecule has 0 spiro atoms. The average Bonchev–Trinajstić information content (AvgIpc) is 2.72. The minimum atomic E-state index is 0.620. The summed E-state index contributed by atoms with van der Waals surface area (Å²) in [6, 6.07) is 5.93. The number of H-pyrrole nitrogens is 1. The average molecular weight is 310 g/mol. The Balaban J connectivity index is 2.39. The van der Waals surface area contributed by atoms with E-state index in [0.29, 0.717) is 6.54 Å². The summed E-state index contributed by atoms with van der Waals surface area (Å²) in [6.45, 7) is 2.68. The minimum Gasteiger partial charge on any atom is -0.496 e. The number of aromatic amines is 1. The highest BCUT2D eigenvalue weighted by atomic mass is 79.9. The van der Waals surface area contributed by atoms with Gasteiger partial charge < -0.3 is 10.5 Å². The molecule has 0 amide bonds. The van der Waals surface area contributed by atoms with Crippen LogP contribution in [0.2, 0.25) is 0 Å². The van der Waals surface area contributed by atoms with Crippen LogP contribution in [-0.4, -0.2) is 23.9 Å². The molecular weight excluding hydrogens is 294 g/mol. The number of benzene rings is 1. The van der Waals surface area contributed by atoms with Gasteiger partial charge in [-0.3, -0.25) is 5.10 Å². The molecule has 0 unspecified atom stereocenters. The molecule has 3 N–H and O–H groups in total. The zero-order chi connectivity index (χ0) is 13.1. The van der Waals surface area contributed by atoms with E-state index in [9.17, 15) is 0 Å². The van der Waals surface area contributed by atoms with Crippen LogP contribution in [0.25, 0.3) is 11.3 Å². The van der Waals surface area contributed by atoms with Gasteiger partial charge >= 0.3 is 0 Å². The van der Waals surface area contributed by atoms with Crippen LogP contribution in [0, 0.1) is 6.92 Å². The van der Waals surface area contributed by atoms with Gasteiger partial charge in [0.1, 0.15) is 5.75 Å². The minimum absolute atomic E-state index is 0.620. The number of ether oxygens (including phenoxy) is 1. The van der Waals surface area contributed by atoms with Gasteiger partial charge in [-0.2, -0.15) is 5.10 Å².